The molecular formula is C12H7ClO. The number of halogens is 1. The van der Waals surface area contributed by atoms with Gasteiger partial charge in [0.1, 0.15) is 5.58 Å². The van der Waals surface area contributed by atoms with E-state index in [1.54, 1.807) is 6.26 Å². The molecule has 3 rings (SSSR count). The van der Waals surface area contributed by atoms with E-state index in [-0.39, 0.29) is 0 Å². The van der Waals surface area contributed by atoms with Gasteiger partial charge in [-0.05, 0) is 11.5 Å². The van der Waals surface area contributed by atoms with Gasteiger partial charge in [0, 0.05) is 16.8 Å². The molecule has 14 heavy (non-hydrogen) atoms. The maximum absolute atomic E-state index is 6.13. The van der Waals surface area contributed by atoms with Gasteiger partial charge in [0.25, 0.3) is 0 Å². The first kappa shape index (κ1) is 7.89. The number of hydrogen-bond donors (Lipinski definition) is 0. The van der Waals surface area contributed by atoms with Gasteiger partial charge in [0.2, 0.25) is 0 Å². The molecule has 0 radical (unpaired) electrons. The number of hydrogen-bond acceptors (Lipinski definition) is 1. The van der Waals surface area contributed by atoms with Gasteiger partial charge in [-0.1, -0.05) is 35.9 Å². The maximum Gasteiger partial charge on any atom is 0.135 e. The van der Waals surface area contributed by atoms with E-state index in [2.05, 4.69) is 6.07 Å². The maximum atomic E-state index is 6.13. The largest absolute Gasteiger partial charge is 0.464 e. The Bertz CT molecular complexity index is 610. The average Bonchev–Trinajstić information content (AvgIpc) is 2.66. The van der Waals surface area contributed by atoms with Gasteiger partial charge in [-0.2, -0.15) is 0 Å². The van der Waals surface area contributed by atoms with Crippen LogP contribution >= 0.6 is 11.6 Å². The molecule has 3 aromatic rings. The molecule has 0 atom stereocenters. The summed E-state index contributed by atoms with van der Waals surface area (Å²) in [6.07, 6.45) is 1.69. The Morgan fingerprint density at radius 1 is 0.929 bits per heavy atom. The van der Waals surface area contributed by atoms with Crippen LogP contribution in [-0.4, -0.2) is 0 Å². The fourth-order valence-electron chi connectivity index (χ4n) is 1.77. The van der Waals surface area contributed by atoms with Crippen LogP contribution in [0.15, 0.2) is 47.1 Å². The lowest BCUT2D eigenvalue weighted by Gasteiger charge is -2.00. The van der Waals surface area contributed by atoms with E-state index < -0.39 is 0 Å². The summed E-state index contributed by atoms with van der Waals surface area (Å²) in [4.78, 5) is 0. The summed E-state index contributed by atoms with van der Waals surface area (Å²) < 4.78 is 5.32. The van der Waals surface area contributed by atoms with Crippen LogP contribution < -0.4 is 0 Å². The summed E-state index contributed by atoms with van der Waals surface area (Å²) in [6, 6.07) is 11.9. The highest BCUT2D eigenvalue weighted by molar-refractivity contribution is 6.37. The van der Waals surface area contributed by atoms with Gasteiger partial charge < -0.3 is 4.42 Å². The van der Waals surface area contributed by atoms with Crippen LogP contribution in [0.5, 0.6) is 0 Å². The van der Waals surface area contributed by atoms with E-state index >= 15 is 0 Å². The molecule has 2 heteroatoms. The van der Waals surface area contributed by atoms with Crippen LogP contribution in [0, 0.1) is 0 Å². The molecular weight excluding hydrogens is 196 g/mol. The number of fused-ring (bicyclic) bond motifs is 3. The number of furan rings is 1. The summed E-state index contributed by atoms with van der Waals surface area (Å²) in [5.41, 5.74) is 0.841. The average molecular weight is 203 g/mol. The van der Waals surface area contributed by atoms with Crippen LogP contribution in [0.3, 0.4) is 0 Å². The van der Waals surface area contributed by atoms with Crippen LogP contribution in [0.1, 0.15) is 0 Å². The molecule has 0 aliphatic carbocycles. The molecule has 0 fully saturated rings. The molecule has 0 N–H and O–H groups in total. The van der Waals surface area contributed by atoms with Crippen LogP contribution in [0.2, 0.25) is 5.02 Å². The van der Waals surface area contributed by atoms with Crippen LogP contribution in [0.25, 0.3) is 21.7 Å². The van der Waals surface area contributed by atoms with E-state index in [9.17, 15) is 0 Å². The summed E-state index contributed by atoms with van der Waals surface area (Å²) in [5, 5.41) is 4.07. The number of rotatable bonds is 0. The zero-order chi connectivity index (χ0) is 9.54. The molecule has 0 aliphatic heterocycles. The molecule has 0 unspecified atom stereocenters. The molecule has 0 aliphatic rings. The third-order valence-corrected chi connectivity index (χ3v) is 2.74. The second kappa shape index (κ2) is 2.76. The Balaban J connectivity index is 2.67. The van der Waals surface area contributed by atoms with Gasteiger partial charge >= 0.3 is 0 Å². The molecule has 0 saturated heterocycles. The molecule has 0 amide bonds. The molecule has 1 aromatic heterocycles. The molecule has 2 aromatic carbocycles. The lowest BCUT2D eigenvalue weighted by Crippen LogP contribution is -1.74. The first-order chi connectivity index (χ1) is 6.86. The predicted molar refractivity (Wildman–Crippen MR) is 58.7 cm³/mol. The van der Waals surface area contributed by atoms with Crippen molar-refractivity contribution in [3.63, 3.8) is 0 Å². The first-order valence-corrected chi connectivity index (χ1v) is 4.78. The van der Waals surface area contributed by atoms with Crippen molar-refractivity contribution >= 4 is 33.3 Å². The highest BCUT2D eigenvalue weighted by Gasteiger charge is 2.05. The summed E-state index contributed by atoms with van der Waals surface area (Å²) in [6.45, 7) is 0. The summed E-state index contributed by atoms with van der Waals surface area (Å²) in [5.74, 6) is 0. The highest BCUT2D eigenvalue weighted by Crippen LogP contribution is 2.31. The van der Waals surface area contributed by atoms with Crippen molar-refractivity contribution in [3.05, 3.63) is 47.7 Å². The normalized spacial score (nSPS) is 11.2. The molecule has 68 valence electrons. The fraction of sp³-hybridized carbons (Fsp3) is 0. The van der Waals surface area contributed by atoms with Gasteiger partial charge in [-0.3, -0.25) is 0 Å². The van der Waals surface area contributed by atoms with Gasteiger partial charge in [0.05, 0.1) is 11.3 Å². The van der Waals surface area contributed by atoms with E-state index in [1.165, 1.54) is 0 Å². The van der Waals surface area contributed by atoms with Crippen molar-refractivity contribution in [3.8, 4) is 0 Å². The Kier molecular flexibility index (Phi) is 1.55. The zero-order valence-corrected chi connectivity index (χ0v) is 8.08. The lowest BCUT2D eigenvalue weighted by atomic mass is 10.1. The topological polar surface area (TPSA) is 13.1 Å². The van der Waals surface area contributed by atoms with Crippen molar-refractivity contribution in [1.29, 1.82) is 0 Å². The van der Waals surface area contributed by atoms with Gasteiger partial charge in [-0.25, -0.2) is 0 Å². The van der Waals surface area contributed by atoms with Crippen molar-refractivity contribution in [2.24, 2.45) is 0 Å². The zero-order valence-electron chi connectivity index (χ0n) is 7.33. The Hall–Kier alpha value is -1.47. The first-order valence-electron chi connectivity index (χ1n) is 4.41. The van der Waals surface area contributed by atoms with E-state index in [1.807, 2.05) is 30.3 Å². The van der Waals surface area contributed by atoms with Crippen molar-refractivity contribution < 1.29 is 4.42 Å². The standard InChI is InChI=1S/C12H7ClO/c13-11-7-12-10(5-6-14-12)8-3-1-2-4-9(8)11/h1-7H. The second-order valence-corrected chi connectivity index (χ2v) is 3.64. The number of benzene rings is 2. The lowest BCUT2D eigenvalue weighted by molar-refractivity contribution is 0.616. The van der Waals surface area contributed by atoms with Crippen molar-refractivity contribution in [2.45, 2.75) is 0 Å². The molecule has 1 heterocycles. The van der Waals surface area contributed by atoms with Crippen molar-refractivity contribution in [1.82, 2.24) is 0 Å². The molecule has 0 saturated carbocycles. The minimum Gasteiger partial charge on any atom is -0.464 e. The SMILES string of the molecule is Clc1cc2occc2c2ccccc12. The van der Waals surface area contributed by atoms with Gasteiger partial charge in [0.15, 0.2) is 0 Å². The fourth-order valence-corrected chi connectivity index (χ4v) is 2.04. The van der Waals surface area contributed by atoms with E-state index in [0.29, 0.717) is 0 Å². The monoisotopic (exact) mass is 202 g/mol. The van der Waals surface area contributed by atoms with Crippen LogP contribution in [-0.2, 0) is 0 Å². The minimum absolute atomic E-state index is 0.739. The Labute approximate surface area is 85.9 Å². The summed E-state index contributed by atoms with van der Waals surface area (Å²) >= 11 is 6.13. The summed E-state index contributed by atoms with van der Waals surface area (Å²) in [7, 11) is 0. The smallest absolute Gasteiger partial charge is 0.135 e. The molecule has 1 nitrogen and oxygen atoms in total. The van der Waals surface area contributed by atoms with Crippen molar-refractivity contribution in [2.75, 3.05) is 0 Å². The third kappa shape index (κ3) is 0.962. The Morgan fingerprint density at radius 3 is 2.57 bits per heavy atom. The van der Waals surface area contributed by atoms with E-state index in [0.717, 1.165) is 26.8 Å². The van der Waals surface area contributed by atoms with Gasteiger partial charge in [-0.15, -0.1) is 0 Å². The third-order valence-electron chi connectivity index (χ3n) is 2.43. The molecule has 0 spiro atoms. The predicted octanol–water partition coefficient (Wildman–Crippen LogP) is 4.24. The van der Waals surface area contributed by atoms with Crippen LogP contribution in [0.4, 0.5) is 0 Å². The minimum atomic E-state index is 0.739. The Morgan fingerprint density at radius 2 is 1.71 bits per heavy atom. The van der Waals surface area contributed by atoms with E-state index in [4.69, 9.17) is 16.0 Å². The quantitative estimate of drug-likeness (QED) is 0.532. The second-order valence-electron chi connectivity index (χ2n) is 3.24. The molecule has 0 bridgehead atoms. The highest BCUT2D eigenvalue weighted by atomic mass is 35.5.